The summed E-state index contributed by atoms with van der Waals surface area (Å²) in [6.45, 7) is 2.63. The first kappa shape index (κ1) is 17.9. The number of rotatable bonds is 7. The smallest absolute Gasteiger partial charge is 0.272 e. The lowest BCUT2D eigenvalue weighted by Gasteiger charge is -2.12. The molecule has 2 rings (SSSR count). The van der Waals surface area contributed by atoms with Crippen LogP contribution in [-0.4, -0.2) is 30.8 Å². The highest BCUT2D eigenvalue weighted by Crippen LogP contribution is 2.36. The van der Waals surface area contributed by atoms with Crippen LogP contribution in [0.1, 0.15) is 29.3 Å². The fraction of sp³-hybridized carbons (Fsp3) is 0.235. The molecule has 1 heterocycles. The van der Waals surface area contributed by atoms with E-state index in [1.165, 1.54) is 12.4 Å². The molecule has 6 nitrogen and oxygen atoms in total. The van der Waals surface area contributed by atoms with E-state index in [2.05, 4.69) is 31.4 Å². The largest absolute Gasteiger partial charge is 0.493 e. The molecule has 0 saturated heterocycles. The SMILES string of the molecule is CCCOc1c(Br)cc(C=NNC(=O)c2cccnc2)cc1OC. The highest BCUT2D eigenvalue weighted by atomic mass is 79.9. The van der Waals surface area contributed by atoms with Crippen molar-refractivity contribution in [3.05, 3.63) is 52.3 Å². The second kappa shape index (κ2) is 9.02. The van der Waals surface area contributed by atoms with E-state index < -0.39 is 0 Å². The van der Waals surface area contributed by atoms with Crippen LogP contribution in [0.15, 0.2) is 46.2 Å². The summed E-state index contributed by atoms with van der Waals surface area (Å²) in [7, 11) is 1.58. The fourth-order valence-electron chi connectivity index (χ4n) is 1.89. The number of methoxy groups -OCH3 is 1. The van der Waals surface area contributed by atoms with Crippen LogP contribution in [0, 0.1) is 0 Å². The number of halogens is 1. The van der Waals surface area contributed by atoms with Crippen LogP contribution in [-0.2, 0) is 0 Å². The molecule has 0 bridgehead atoms. The summed E-state index contributed by atoms with van der Waals surface area (Å²) >= 11 is 3.46. The van der Waals surface area contributed by atoms with Gasteiger partial charge in [0.05, 0.1) is 30.0 Å². The van der Waals surface area contributed by atoms with Gasteiger partial charge in [-0.15, -0.1) is 0 Å². The Kier molecular flexibility index (Phi) is 6.74. The zero-order valence-corrected chi connectivity index (χ0v) is 15.0. The molecule has 1 amide bonds. The van der Waals surface area contributed by atoms with Crippen molar-refractivity contribution in [3.8, 4) is 11.5 Å². The van der Waals surface area contributed by atoms with E-state index in [9.17, 15) is 4.79 Å². The number of benzene rings is 1. The van der Waals surface area contributed by atoms with E-state index in [0.717, 1.165) is 16.5 Å². The molecule has 0 aliphatic heterocycles. The van der Waals surface area contributed by atoms with Crippen LogP contribution in [0.3, 0.4) is 0 Å². The summed E-state index contributed by atoms with van der Waals surface area (Å²) < 4.78 is 11.8. The molecule has 1 aromatic heterocycles. The van der Waals surface area contributed by atoms with Crippen LogP contribution in [0.5, 0.6) is 11.5 Å². The summed E-state index contributed by atoms with van der Waals surface area (Å²) in [5, 5.41) is 3.96. The van der Waals surface area contributed by atoms with E-state index in [1.54, 1.807) is 31.5 Å². The number of carbonyl (C=O) groups is 1. The molecule has 0 atom stereocenters. The Balaban J connectivity index is 2.09. The maximum absolute atomic E-state index is 11.9. The molecule has 0 aliphatic rings. The average Bonchev–Trinajstić information content (AvgIpc) is 2.61. The lowest BCUT2D eigenvalue weighted by molar-refractivity contribution is 0.0955. The zero-order valence-electron chi connectivity index (χ0n) is 13.5. The van der Waals surface area contributed by atoms with Crippen molar-refractivity contribution in [1.29, 1.82) is 0 Å². The Morgan fingerprint density at radius 2 is 2.29 bits per heavy atom. The van der Waals surface area contributed by atoms with Gasteiger partial charge in [0.25, 0.3) is 5.91 Å². The number of carbonyl (C=O) groups excluding carboxylic acids is 1. The van der Waals surface area contributed by atoms with Gasteiger partial charge in [0.1, 0.15) is 0 Å². The zero-order chi connectivity index (χ0) is 17.4. The Morgan fingerprint density at radius 3 is 2.96 bits per heavy atom. The lowest BCUT2D eigenvalue weighted by Crippen LogP contribution is -2.17. The standard InChI is InChI=1S/C17H18BrN3O3/c1-3-7-24-16-14(18)8-12(9-15(16)23-2)10-20-21-17(22)13-5-4-6-19-11-13/h4-6,8-11H,3,7H2,1-2H3,(H,21,22). The van der Waals surface area contributed by atoms with Gasteiger partial charge in [-0.1, -0.05) is 6.92 Å². The number of hydrogen-bond donors (Lipinski definition) is 1. The minimum Gasteiger partial charge on any atom is -0.493 e. The number of hydrazone groups is 1. The van der Waals surface area contributed by atoms with E-state index >= 15 is 0 Å². The Bertz CT molecular complexity index is 721. The third-order valence-corrected chi connectivity index (χ3v) is 3.59. The molecular formula is C17H18BrN3O3. The van der Waals surface area contributed by atoms with Crippen molar-refractivity contribution >= 4 is 28.1 Å². The van der Waals surface area contributed by atoms with Gasteiger partial charge in [-0.05, 0) is 52.2 Å². The summed E-state index contributed by atoms with van der Waals surface area (Å²) in [4.78, 5) is 15.8. The van der Waals surface area contributed by atoms with Crippen molar-refractivity contribution in [3.63, 3.8) is 0 Å². The molecule has 1 N–H and O–H groups in total. The summed E-state index contributed by atoms with van der Waals surface area (Å²) in [6.07, 6.45) is 5.51. The molecular weight excluding hydrogens is 374 g/mol. The molecule has 0 aliphatic carbocycles. The number of ether oxygens (including phenoxy) is 2. The summed E-state index contributed by atoms with van der Waals surface area (Å²) in [6, 6.07) is 6.98. The number of nitrogens with one attached hydrogen (secondary N) is 1. The number of hydrogen-bond acceptors (Lipinski definition) is 5. The highest BCUT2D eigenvalue weighted by molar-refractivity contribution is 9.10. The number of amides is 1. The average molecular weight is 392 g/mol. The highest BCUT2D eigenvalue weighted by Gasteiger charge is 2.11. The third kappa shape index (κ3) is 4.79. The molecule has 1 aromatic carbocycles. The van der Waals surface area contributed by atoms with Crippen LogP contribution < -0.4 is 14.9 Å². The molecule has 0 fully saturated rings. The summed E-state index contributed by atoms with van der Waals surface area (Å²) in [5.41, 5.74) is 3.66. The van der Waals surface area contributed by atoms with E-state index in [1.807, 2.05) is 13.0 Å². The second-order valence-electron chi connectivity index (χ2n) is 4.82. The van der Waals surface area contributed by atoms with Crippen molar-refractivity contribution < 1.29 is 14.3 Å². The number of pyridine rings is 1. The van der Waals surface area contributed by atoms with E-state index in [-0.39, 0.29) is 5.91 Å². The Morgan fingerprint density at radius 1 is 1.46 bits per heavy atom. The first-order valence-electron chi connectivity index (χ1n) is 7.39. The maximum Gasteiger partial charge on any atom is 0.272 e. The minimum atomic E-state index is -0.326. The predicted molar refractivity (Wildman–Crippen MR) is 95.8 cm³/mol. The lowest BCUT2D eigenvalue weighted by atomic mass is 10.2. The molecule has 2 aromatic rings. The van der Waals surface area contributed by atoms with Crippen LogP contribution in [0.2, 0.25) is 0 Å². The predicted octanol–water partition coefficient (Wildman–Crippen LogP) is 3.41. The van der Waals surface area contributed by atoms with Crippen LogP contribution >= 0.6 is 15.9 Å². The molecule has 126 valence electrons. The molecule has 0 spiro atoms. The van der Waals surface area contributed by atoms with Crippen molar-refractivity contribution in [2.24, 2.45) is 5.10 Å². The van der Waals surface area contributed by atoms with Crippen LogP contribution in [0.4, 0.5) is 0 Å². The first-order valence-corrected chi connectivity index (χ1v) is 8.18. The van der Waals surface area contributed by atoms with Gasteiger partial charge in [0.15, 0.2) is 11.5 Å². The van der Waals surface area contributed by atoms with Gasteiger partial charge in [0.2, 0.25) is 0 Å². The van der Waals surface area contributed by atoms with Gasteiger partial charge in [-0.3, -0.25) is 9.78 Å². The van der Waals surface area contributed by atoms with Gasteiger partial charge in [-0.25, -0.2) is 5.43 Å². The van der Waals surface area contributed by atoms with Crippen molar-refractivity contribution in [2.75, 3.05) is 13.7 Å². The van der Waals surface area contributed by atoms with Gasteiger partial charge < -0.3 is 9.47 Å². The maximum atomic E-state index is 11.9. The topological polar surface area (TPSA) is 72.8 Å². The van der Waals surface area contributed by atoms with Crippen LogP contribution in [0.25, 0.3) is 0 Å². The van der Waals surface area contributed by atoms with E-state index in [4.69, 9.17) is 9.47 Å². The van der Waals surface area contributed by atoms with Gasteiger partial charge in [0, 0.05) is 12.4 Å². The Hall–Kier alpha value is -2.41. The number of nitrogens with zero attached hydrogens (tertiary/aromatic N) is 2. The van der Waals surface area contributed by atoms with Crippen molar-refractivity contribution in [1.82, 2.24) is 10.4 Å². The fourth-order valence-corrected chi connectivity index (χ4v) is 2.46. The molecule has 0 radical (unpaired) electrons. The monoisotopic (exact) mass is 391 g/mol. The van der Waals surface area contributed by atoms with Gasteiger partial charge in [-0.2, -0.15) is 5.10 Å². The molecule has 0 saturated carbocycles. The third-order valence-electron chi connectivity index (χ3n) is 3.01. The normalized spacial score (nSPS) is 10.6. The number of aromatic nitrogens is 1. The first-order chi connectivity index (χ1) is 11.7. The minimum absolute atomic E-state index is 0.326. The second-order valence-corrected chi connectivity index (χ2v) is 5.68. The molecule has 0 unspecified atom stereocenters. The summed E-state index contributed by atoms with van der Waals surface area (Å²) in [5.74, 6) is 0.919. The molecule has 24 heavy (non-hydrogen) atoms. The molecule has 7 heteroatoms. The van der Waals surface area contributed by atoms with Gasteiger partial charge >= 0.3 is 0 Å². The Labute approximate surface area is 149 Å². The van der Waals surface area contributed by atoms with Crippen molar-refractivity contribution in [2.45, 2.75) is 13.3 Å². The van der Waals surface area contributed by atoms with E-state index in [0.29, 0.717) is 23.7 Å². The quantitative estimate of drug-likeness (QED) is 0.579.